The third-order valence-corrected chi connectivity index (χ3v) is 4.90. The molecule has 1 aliphatic rings. The molecule has 1 N–H and O–H groups in total. The molecule has 5 nitrogen and oxygen atoms in total. The number of nitrogens with one attached hydrogen (secondary N) is 1. The Labute approximate surface area is 132 Å². The van der Waals surface area contributed by atoms with Gasteiger partial charge in [0.1, 0.15) is 9.84 Å². The third kappa shape index (κ3) is 5.77. The topological polar surface area (TPSA) is 66.5 Å². The monoisotopic (exact) mass is 324 g/mol. The Bertz CT molecular complexity index is 611. The van der Waals surface area contributed by atoms with E-state index in [1.54, 1.807) is 0 Å². The minimum atomic E-state index is -2.90. The molecule has 1 aliphatic heterocycles. The van der Waals surface area contributed by atoms with Gasteiger partial charge in [-0.15, -0.1) is 0 Å². The van der Waals surface area contributed by atoms with Crippen LogP contribution in [-0.2, 0) is 21.2 Å². The van der Waals surface area contributed by atoms with Gasteiger partial charge >= 0.3 is 0 Å². The van der Waals surface area contributed by atoms with Crippen molar-refractivity contribution in [3.05, 3.63) is 29.8 Å². The van der Waals surface area contributed by atoms with Crippen LogP contribution in [0.1, 0.15) is 25.3 Å². The molecular weight excluding hydrogens is 300 g/mol. The van der Waals surface area contributed by atoms with Crippen LogP contribution in [0.15, 0.2) is 24.3 Å². The van der Waals surface area contributed by atoms with Gasteiger partial charge in [0.15, 0.2) is 0 Å². The average molecular weight is 324 g/mol. The number of rotatable bonds is 5. The van der Waals surface area contributed by atoms with Gasteiger partial charge in [0.05, 0.1) is 5.75 Å². The fourth-order valence-corrected chi connectivity index (χ4v) is 4.14. The van der Waals surface area contributed by atoms with Crippen LogP contribution in [0.4, 0.5) is 5.69 Å². The van der Waals surface area contributed by atoms with E-state index in [2.05, 4.69) is 10.2 Å². The Balaban J connectivity index is 1.91. The lowest BCUT2D eigenvalue weighted by molar-refractivity contribution is -0.114. The second kappa shape index (κ2) is 7.24. The summed E-state index contributed by atoms with van der Waals surface area (Å²) in [5, 5.41) is 2.75. The highest BCUT2D eigenvalue weighted by atomic mass is 32.2. The number of carbonyl (C=O) groups is 1. The standard InChI is InChI=1S/C16H24N2O3S/c1-13(19)17-16-7-5-14(6-8-16)10-18-9-3-4-15(11-18)12-22(2,20)21/h5-8,15H,3-4,9-12H2,1-2H3,(H,17,19)/t15-/m0/s1. The molecule has 1 amide bonds. The van der Waals surface area contributed by atoms with Crippen molar-refractivity contribution >= 4 is 21.4 Å². The van der Waals surface area contributed by atoms with Crippen LogP contribution < -0.4 is 5.32 Å². The number of nitrogens with zero attached hydrogens (tertiary/aromatic N) is 1. The minimum Gasteiger partial charge on any atom is -0.326 e. The van der Waals surface area contributed by atoms with E-state index in [9.17, 15) is 13.2 Å². The number of benzene rings is 1. The molecule has 122 valence electrons. The van der Waals surface area contributed by atoms with Gasteiger partial charge in [-0.3, -0.25) is 9.69 Å². The molecule has 22 heavy (non-hydrogen) atoms. The fourth-order valence-electron chi connectivity index (χ4n) is 3.01. The molecule has 0 aromatic heterocycles. The molecule has 0 bridgehead atoms. The first-order chi connectivity index (χ1) is 10.3. The van der Waals surface area contributed by atoms with E-state index in [1.807, 2.05) is 24.3 Å². The maximum absolute atomic E-state index is 11.4. The molecule has 1 saturated heterocycles. The quantitative estimate of drug-likeness (QED) is 0.898. The van der Waals surface area contributed by atoms with E-state index in [1.165, 1.54) is 18.7 Å². The lowest BCUT2D eigenvalue weighted by atomic mass is 9.99. The summed E-state index contributed by atoms with van der Waals surface area (Å²) >= 11 is 0. The van der Waals surface area contributed by atoms with E-state index < -0.39 is 9.84 Å². The highest BCUT2D eigenvalue weighted by Crippen LogP contribution is 2.20. The molecule has 0 saturated carbocycles. The van der Waals surface area contributed by atoms with E-state index in [0.29, 0.717) is 0 Å². The van der Waals surface area contributed by atoms with Crippen LogP contribution in [0.25, 0.3) is 0 Å². The SMILES string of the molecule is CC(=O)Nc1ccc(CN2CCC[C@H](CS(C)(=O)=O)C2)cc1. The summed E-state index contributed by atoms with van der Waals surface area (Å²) in [6.45, 7) is 4.15. The first kappa shape index (κ1) is 17.0. The molecule has 0 aliphatic carbocycles. The van der Waals surface area contributed by atoms with Crippen LogP contribution >= 0.6 is 0 Å². The number of carbonyl (C=O) groups excluding carboxylic acids is 1. The second-order valence-corrected chi connectivity index (χ2v) is 8.40. The largest absolute Gasteiger partial charge is 0.326 e. The molecular formula is C16H24N2O3S. The molecule has 1 atom stereocenters. The fraction of sp³-hybridized carbons (Fsp3) is 0.562. The van der Waals surface area contributed by atoms with Crippen molar-refractivity contribution < 1.29 is 13.2 Å². The highest BCUT2D eigenvalue weighted by molar-refractivity contribution is 7.90. The summed E-state index contributed by atoms with van der Waals surface area (Å²) in [5.41, 5.74) is 1.97. The van der Waals surface area contributed by atoms with Gasteiger partial charge in [-0.2, -0.15) is 0 Å². The lowest BCUT2D eigenvalue weighted by Gasteiger charge is -2.32. The maximum atomic E-state index is 11.4. The van der Waals surface area contributed by atoms with E-state index >= 15 is 0 Å². The number of anilines is 1. The van der Waals surface area contributed by atoms with Crippen molar-refractivity contribution in [2.45, 2.75) is 26.3 Å². The number of piperidine rings is 1. The van der Waals surface area contributed by atoms with Crippen molar-refractivity contribution in [1.82, 2.24) is 4.90 Å². The predicted molar refractivity (Wildman–Crippen MR) is 88.5 cm³/mol. The molecule has 1 aromatic rings. The molecule has 0 spiro atoms. The Kier molecular flexibility index (Phi) is 5.58. The summed E-state index contributed by atoms with van der Waals surface area (Å²) in [6.07, 6.45) is 3.35. The van der Waals surface area contributed by atoms with Crippen molar-refractivity contribution in [1.29, 1.82) is 0 Å². The van der Waals surface area contributed by atoms with Gasteiger partial charge in [0, 0.05) is 32.0 Å². The van der Waals surface area contributed by atoms with E-state index in [4.69, 9.17) is 0 Å². The zero-order valence-corrected chi connectivity index (χ0v) is 14.0. The molecule has 2 rings (SSSR count). The number of hydrogen-bond donors (Lipinski definition) is 1. The molecule has 1 aromatic carbocycles. The first-order valence-corrected chi connectivity index (χ1v) is 9.64. The number of hydrogen-bond acceptors (Lipinski definition) is 4. The van der Waals surface area contributed by atoms with Gasteiger partial charge in [0.2, 0.25) is 5.91 Å². The summed E-state index contributed by atoms with van der Waals surface area (Å²) < 4.78 is 22.9. The van der Waals surface area contributed by atoms with Crippen molar-refractivity contribution in [3.63, 3.8) is 0 Å². The summed E-state index contributed by atoms with van der Waals surface area (Å²) in [4.78, 5) is 13.3. The Morgan fingerprint density at radius 3 is 2.59 bits per heavy atom. The van der Waals surface area contributed by atoms with Crippen molar-refractivity contribution in [3.8, 4) is 0 Å². The molecule has 1 fully saturated rings. The molecule has 0 unspecified atom stereocenters. The van der Waals surface area contributed by atoms with Gasteiger partial charge in [-0.25, -0.2) is 8.42 Å². The number of amides is 1. The summed E-state index contributed by atoms with van der Waals surface area (Å²) in [7, 11) is -2.90. The van der Waals surface area contributed by atoms with E-state index in [-0.39, 0.29) is 17.6 Å². The first-order valence-electron chi connectivity index (χ1n) is 7.58. The summed E-state index contributed by atoms with van der Waals surface area (Å²) in [5.74, 6) is 0.445. The summed E-state index contributed by atoms with van der Waals surface area (Å²) in [6, 6.07) is 7.81. The molecule has 0 radical (unpaired) electrons. The van der Waals surface area contributed by atoms with Crippen molar-refractivity contribution in [2.24, 2.45) is 5.92 Å². The van der Waals surface area contributed by atoms with Crippen LogP contribution in [0.3, 0.4) is 0 Å². The zero-order valence-electron chi connectivity index (χ0n) is 13.2. The Hall–Kier alpha value is -1.40. The molecule has 6 heteroatoms. The molecule has 1 heterocycles. The number of sulfone groups is 1. The second-order valence-electron chi connectivity index (χ2n) is 6.21. The minimum absolute atomic E-state index is 0.0765. The normalized spacial score (nSPS) is 19.8. The van der Waals surface area contributed by atoms with E-state index in [0.717, 1.165) is 38.2 Å². The lowest BCUT2D eigenvalue weighted by Crippen LogP contribution is -2.37. The Morgan fingerprint density at radius 2 is 2.00 bits per heavy atom. The van der Waals surface area contributed by atoms with Gasteiger partial charge < -0.3 is 5.32 Å². The van der Waals surface area contributed by atoms with Crippen LogP contribution in [0, 0.1) is 5.92 Å². The van der Waals surface area contributed by atoms with Gasteiger partial charge in [0.25, 0.3) is 0 Å². The highest BCUT2D eigenvalue weighted by Gasteiger charge is 2.23. The van der Waals surface area contributed by atoms with Crippen LogP contribution in [0.2, 0.25) is 0 Å². The zero-order chi connectivity index (χ0) is 16.2. The van der Waals surface area contributed by atoms with Crippen molar-refractivity contribution in [2.75, 3.05) is 30.4 Å². The smallest absolute Gasteiger partial charge is 0.221 e. The third-order valence-electron chi connectivity index (χ3n) is 3.82. The maximum Gasteiger partial charge on any atom is 0.221 e. The number of likely N-dealkylation sites (tertiary alicyclic amines) is 1. The van der Waals surface area contributed by atoms with Gasteiger partial charge in [-0.1, -0.05) is 12.1 Å². The van der Waals surface area contributed by atoms with Crippen LogP contribution in [-0.4, -0.2) is 44.3 Å². The Morgan fingerprint density at radius 1 is 1.32 bits per heavy atom. The predicted octanol–water partition coefficient (Wildman–Crippen LogP) is 1.90. The van der Waals surface area contributed by atoms with Gasteiger partial charge in [-0.05, 0) is 43.0 Å². The average Bonchev–Trinajstić information content (AvgIpc) is 2.39. The van der Waals surface area contributed by atoms with Crippen LogP contribution in [0.5, 0.6) is 0 Å².